The molecule has 0 saturated heterocycles. The fraction of sp³-hybridized carbons (Fsp3) is 0.278. The molecule has 0 heterocycles. The molecule has 0 spiro atoms. The summed E-state index contributed by atoms with van der Waals surface area (Å²) in [5.41, 5.74) is -0.251. The zero-order chi connectivity index (χ0) is 17.5. The first-order valence-electron chi connectivity index (χ1n) is 7.51. The van der Waals surface area contributed by atoms with Crippen molar-refractivity contribution < 1.29 is 18.0 Å². The van der Waals surface area contributed by atoms with Crippen LogP contribution in [0, 0.1) is 5.92 Å². The highest BCUT2D eigenvalue weighted by molar-refractivity contribution is 6.30. The van der Waals surface area contributed by atoms with Crippen molar-refractivity contribution in [2.75, 3.05) is 0 Å². The Morgan fingerprint density at radius 3 is 2.33 bits per heavy atom. The summed E-state index contributed by atoms with van der Waals surface area (Å²) in [5.74, 6) is -0.450. The predicted octanol–water partition coefficient (Wildman–Crippen LogP) is 4.89. The van der Waals surface area contributed by atoms with Crippen molar-refractivity contribution in [2.45, 2.75) is 25.1 Å². The Morgan fingerprint density at radius 2 is 1.71 bits per heavy atom. The van der Waals surface area contributed by atoms with Gasteiger partial charge in [-0.15, -0.1) is 0 Å². The van der Waals surface area contributed by atoms with E-state index in [0.717, 1.165) is 11.6 Å². The summed E-state index contributed by atoms with van der Waals surface area (Å²) >= 11 is 5.86. The van der Waals surface area contributed by atoms with E-state index in [4.69, 9.17) is 11.6 Å². The number of benzene rings is 2. The van der Waals surface area contributed by atoms with E-state index in [1.165, 1.54) is 18.2 Å². The monoisotopic (exact) mass is 353 g/mol. The second-order valence-electron chi connectivity index (χ2n) is 5.98. The van der Waals surface area contributed by atoms with E-state index in [1.54, 1.807) is 12.1 Å². The molecule has 0 aliphatic heterocycles. The fourth-order valence-corrected chi connectivity index (χ4v) is 3.16. The van der Waals surface area contributed by atoms with E-state index in [9.17, 15) is 18.0 Å². The lowest BCUT2D eigenvalue weighted by Gasteiger charge is -2.12. The lowest BCUT2D eigenvalue weighted by atomic mass is 10.1. The van der Waals surface area contributed by atoms with Crippen LogP contribution in [-0.4, -0.2) is 11.9 Å². The summed E-state index contributed by atoms with van der Waals surface area (Å²) in [5, 5.41) is 3.34. The second kappa shape index (κ2) is 6.13. The molecule has 1 saturated carbocycles. The Bertz CT molecular complexity index is 758. The van der Waals surface area contributed by atoms with Crippen LogP contribution in [0.2, 0.25) is 5.02 Å². The van der Waals surface area contributed by atoms with Gasteiger partial charge in [-0.3, -0.25) is 4.79 Å². The summed E-state index contributed by atoms with van der Waals surface area (Å²) in [4.78, 5) is 12.3. The highest BCUT2D eigenvalue weighted by Gasteiger charge is 2.49. The Hall–Kier alpha value is -2.01. The van der Waals surface area contributed by atoms with Gasteiger partial charge in [0.1, 0.15) is 0 Å². The Morgan fingerprint density at radius 1 is 1.08 bits per heavy atom. The zero-order valence-corrected chi connectivity index (χ0v) is 13.5. The second-order valence-corrected chi connectivity index (χ2v) is 6.42. The molecule has 0 radical (unpaired) electrons. The Labute approximate surface area is 142 Å². The molecule has 1 fully saturated rings. The van der Waals surface area contributed by atoms with E-state index in [2.05, 4.69) is 5.32 Å². The highest BCUT2D eigenvalue weighted by Crippen LogP contribution is 2.47. The van der Waals surface area contributed by atoms with Crippen molar-refractivity contribution in [3.63, 3.8) is 0 Å². The van der Waals surface area contributed by atoms with Crippen LogP contribution in [0.1, 0.15) is 34.3 Å². The van der Waals surface area contributed by atoms with Crippen LogP contribution >= 0.6 is 11.6 Å². The molecule has 24 heavy (non-hydrogen) atoms. The summed E-state index contributed by atoms with van der Waals surface area (Å²) in [6.07, 6.45) is -4.56. The number of nitrogens with one attached hydrogen (secondary N) is 1. The van der Waals surface area contributed by atoms with Gasteiger partial charge in [-0.2, -0.15) is 13.2 Å². The molecule has 2 aromatic rings. The van der Waals surface area contributed by atoms with E-state index < -0.39 is 17.6 Å². The van der Waals surface area contributed by atoms with Crippen LogP contribution in [-0.2, 0) is 6.18 Å². The lowest BCUT2D eigenvalue weighted by molar-refractivity contribution is -0.137. The Balaban J connectivity index is 1.76. The van der Waals surface area contributed by atoms with Crippen molar-refractivity contribution in [2.24, 2.45) is 5.92 Å². The maximum absolute atomic E-state index is 13.0. The molecule has 0 aromatic heterocycles. The minimum Gasteiger partial charge on any atom is -0.348 e. The van der Waals surface area contributed by atoms with E-state index >= 15 is 0 Å². The topological polar surface area (TPSA) is 29.1 Å². The van der Waals surface area contributed by atoms with Gasteiger partial charge in [-0.1, -0.05) is 42.8 Å². The van der Waals surface area contributed by atoms with Gasteiger partial charge < -0.3 is 5.32 Å². The van der Waals surface area contributed by atoms with Crippen LogP contribution in [0.15, 0.2) is 48.5 Å². The average Bonchev–Trinajstić information content (AvgIpc) is 3.16. The molecule has 2 nitrogen and oxygen atoms in total. The number of carbonyl (C=O) groups excluding carboxylic acids is 1. The molecule has 6 heteroatoms. The number of hydrogen-bond donors (Lipinski definition) is 1. The molecule has 1 aliphatic rings. The van der Waals surface area contributed by atoms with Gasteiger partial charge in [0.2, 0.25) is 0 Å². The summed E-state index contributed by atoms with van der Waals surface area (Å²) in [7, 11) is 0. The fourth-order valence-electron chi connectivity index (χ4n) is 3.04. The highest BCUT2D eigenvalue weighted by atomic mass is 35.5. The molecular weight excluding hydrogens is 339 g/mol. The molecule has 126 valence electrons. The molecule has 3 rings (SSSR count). The predicted molar refractivity (Wildman–Crippen MR) is 86.1 cm³/mol. The standard InChI is InChI=1S/C18H15ClF3NO/c1-10-15(11-6-8-12(19)9-7-11)16(10)23-17(24)13-4-2-3-5-14(13)18(20,21)22/h2-10,15-16H,1H3,(H,23,24)/t10-,15+,16+/m0/s1. The summed E-state index contributed by atoms with van der Waals surface area (Å²) in [6, 6.07) is 11.9. The third-order valence-electron chi connectivity index (χ3n) is 4.41. The van der Waals surface area contributed by atoms with Crippen molar-refractivity contribution in [1.82, 2.24) is 5.32 Å². The number of alkyl halides is 3. The first-order chi connectivity index (χ1) is 11.3. The van der Waals surface area contributed by atoms with Crippen molar-refractivity contribution in [1.29, 1.82) is 0 Å². The number of amides is 1. The van der Waals surface area contributed by atoms with Crippen molar-refractivity contribution in [3.8, 4) is 0 Å². The van der Waals surface area contributed by atoms with E-state index in [0.29, 0.717) is 5.02 Å². The minimum absolute atomic E-state index is 0.0873. The third kappa shape index (κ3) is 3.26. The van der Waals surface area contributed by atoms with Crippen LogP contribution in [0.4, 0.5) is 13.2 Å². The van der Waals surface area contributed by atoms with Gasteiger partial charge >= 0.3 is 6.18 Å². The summed E-state index contributed by atoms with van der Waals surface area (Å²) < 4.78 is 39.1. The van der Waals surface area contributed by atoms with Gasteiger partial charge in [0, 0.05) is 17.0 Å². The summed E-state index contributed by atoms with van der Waals surface area (Å²) in [6.45, 7) is 1.96. The van der Waals surface area contributed by atoms with E-state index in [1.807, 2.05) is 19.1 Å². The molecule has 0 unspecified atom stereocenters. The van der Waals surface area contributed by atoms with Gasteiger partial charge in [0.15, 0.2) is 0 Å². The van der Waals surface area contributed by atoms with Crippen LogP contribution in [0.5, 0.6) is 0 Å². The molecular formula is C18H15ClF3NO. The largest absolute Gasteiger partial charge is 0.417 e. The van der Waals surface area contributed by atoms with Gasteiger partial charge in [0.25, 0.3) is 5.91 Å². The molecule has 1 amide bonds. The smallest absolute Gasteiger partial charge is 0.348 e. The lowest BCUT2D eigenvalue weighted by Crippen LogP contribution is -2.29. The first kappa shape index (κ1) is 16.8. The molecule has 1 N–H and O–H groups in total. The molecule has 3 atom stereocenters. The molecule has 2 aromatic carbocycles. The SMILES string of the molecule is C[C@@H]1[C@@H](NC(=O)c2ccccc2C(F)(F)F)[C@H]1c1ccc(Cl)cc1. The van der Waals surface area contributed by atoms with Crippen molar-refractivity contribution >= 4 is 17.5 Å². The first-order valence-corrected chi connectivity index (χ1v) is 7.89. The van der Waals surface area contributed by atoms with Gasteiger partial charge in [0.05, 0.1) is 11.1 Å². The van der Waals surface area contributed by atoms with Crippen LogP contribution < -0.4 is 5.32 Å². The third-order valence-corrected chi connectivity index (χ3v) is 4.66. The van der Waals surface area contributed by atoms with Gasteiger partial charge in [-0.05, 0) is 35.7 Å². The average molecular weight is 354 g/mol. The van der Waals surface area contributed by atoms with Crippen molar-refractivity contribution in [3.05, 3.63) is 70.2 Å². The number of halogens is 4. The minimum atomic E-state index is -4.56. The van der Waals surface area contributed by atoms with E-state index in [-0.39, 0.29) is 23.4 Å². The van der Waals surface area contributed by atoms with Gasteiger partial charge in [-0.25, -0.2) is 0 Å². The number of rotatable bonds is 3. The number of carbonyl (C=O) groups is 1. The molecule has 1 aliphatic carbocycles. The quantitative estimate of drug-likeness (QED) is 0.836. The van der Waals surface area contributed by atoms with Crippen LogP contribution in [0.25, 0.3) is 0 Å². The maximum Gasteiger partial charge on any atom is 0.417 e. The Kier molecular flexibility index (Phi) is 4.30. The zero-order valence-electron chi connectivity index (χ0n) is 12.8. The normalized spacial score (nSPS) is 23.0. The molecule has 0 bridgehead atoms. The number of hydrogen-bond acceptors (Lipinski definition) is 1. The van der Waals surface area contributed by atoms with Crippen LogP contribution in [0.3, 0.4) is 0 Å². The maximum atomic E-state index is 13.0.